The zero-order valence-corrected chi connectivity index (χ0v) is 16.3. The summed E-state index contributed by atoms with van der Waals surface area (Å²) in [5, 5.41) is 5.26. The first-order valence-corrected chi connectivity index (χ1v) is 9.43. The number of anilines is 1. The van der Waals surface area contributed by atoms with Crippen molar-refractivity contribution < 1.29 is 9.53 Å². The predicted octanol–water partition coefficient (Wildman–Crippen LogP) is 5.27. The molecule has 1 aromatic carbocycles. The molecule has 2 heterocycles. The van der Waals surface area contributed by atoms with E-state index in [1.165, 1.54) is 17.5 Å². The molecule has 8 heteroatoms. The van der Waals surface area contributed by atoms with E-state index in [9.17, 15) is 4.79 Å². The number of hydrogen-bond acceptors (Lipinski definition) is 5. The number of hydrogen-bond donors (Lipinski definition) is 1. The van der Waals surface area contributed by atoms with Crippen LogP contribution in [-0.4, -0.2) is 22.5 Å². The molecule has 0 spiro atoms. The standard InChI is InChI=1S/C17H13BrClN3O2S/c1-2-24-12-5-3-10(4-6-12)14-9-25-17(21-14)22-16(23)13-7-11(18)8-20-15(13)19/h3-9H,2H2,1H3,(H,21,22,23). The van der Waals surface area contributed by atoms with E-state index in [2.05, 4.69) is 31.2 Å². The quantitative estimate of drug-likeness (QED) is 0.551. The van der Waals surface area contributed by atoms with Crippen LogP contribution in [0.25, 0.3) is 11.3 Å². The molecule has 3 aromatic rings. The fraction of sp³-hybridized carbons (Fsp3) is 0.118. The van der Waals surface area contributed by atoms with E-state index in [4.69, 9.17) is 16.3 Å². The summed E-state index contributed by atoms with van der Waals surface area (Å²) in [6, 6.07) is 9.26. The van der Waals surface area contributed by atoms with Crippen LogP contribution >= 0.6 is 38.9 Å². The van der Waals surface area contributed by atoms with Crippen LogP contribution in [0.2, 0.25) is 5.15 Å². The Morgan fingerprint density at radius 3 is 2.84 bits per heavy atom. The minimum Gasteiger partial charge on any atom is -0.494 e. The molecule has 0 radical (unpaired) electrons. The van der Waals surface area contributed by atoms with Gasteiger partial charge >= 0.3 is 0 Å². The molecule has 3 rings (SSSR count). The maximum absolute atomic E-state index is 12.3. The lowest BCUT2D eigenvalue weighted by Crippen LogP contribution is -2.12. The van der Waals surface area contributed by atoms with Gasteiger partial charge in [0.2, 0.25) is 0 Å². The summed E-state index contributed by atoms with van der Waals surface area (Å²) in [6.45, 7) is 2.57. The molecular formula is C17H13BrClN3O2S. The van der Waals surface area contributed by atoms with Crippen LogP contribution in [0.3, 0.4) is 0 Å². The lowest BCUT2D eigenvalue weighted by Gasteiger charge is -2.04. The van der Waals surface area contributed by atoms with Gasteiger partial charge in [-0.2, -0.15) is 0 Å². The molecule has 128 valence electrons. The molecule has 0 aliphatic heterocycles. The van der Waals surface area contributed by atoms with Crippen molar-refractivity contribution in [2.75, 3.05) is 11.9 Å². The molecule has 0 saturated carbocycles. The fourth-order valence-electron chi connectivity index (χ4n) is 2.10. The van der Waals surface area contributed by atoms with Crippen molar-refractivity contribution in [3.05, 3.63) is 57.1 Å². The van der Waals surface area contributed by atoms with Crippen LogP contribution in [0, 0.1) is 0 Å². The third-order valence-electron chi connectivity index (χ3n) is 3.24. The first-order valence-electron chi connectivity index (χ1n) is 7.38. The van der Waals surface area contributed by atoms with Crippen molar-refractivity contribution >= 4 is 49.9 Å². The Morgan fingerprint density at radius 1 is 1.36 bits per heavy atom. The Kier molecular flexibility index (Phi) is 5.67. The van der Waals surface area contributed by atoms with Gasteiger partial charge in [0.05, 0.1) is 17.9 Å². The minimum absolute atomic E-state index is 0.143. The molecular weight excluding hydrogens is 426 g/mol. The highest BCUT2D eigenvalue weighted by atomic mass is 79.9. The van der Waals surface area contributed by atoms with Crippen molar-refractivity contribution in [1.29, 1.82) is 0 Å². The SMILES string of the molecule is CCOc1ccc(-c2csc(NC(=O)c3cc(Br)cnc3Cl)n2)cc1. The Morgan fingerprint density at radius 2 is 2.12 bits per heavy atom. The average Bonchev–Trinajstić information content (AvgIpc) is 3.06. The largest absolute Gasteiger partial charge is 0.494 e. The van der Waals surface area contributed by atoms with Crippen molar-refractivity contribution in [2.45, 2.75) is 6.92 Å². The van der Waals surface area contributed by atoms with E-state index >= 15 is 0 Å². The summed E-state index contributed by atoms with van der Waals surface area (Å²) >= 11 is 10.6. The van der Waals surface area contributed by atoms with Gasteiger partial charge in [-0.25, -0.2) is 9.97 Å². The molecule has 25 heavy (non-hydrogen) atoms. The van der Waals surface area contributed by atoms with Crippen molar-refractivity contribution in [1.82, 2.24) is 9.97 Å². The summed E-state index contributed by atoms with van der Waals surface area (Å²) in [5.41, 5.74) is 2.01. The molecule has 0 atom stereocenters. The summed E-state index contributed by atoms with van der Waals surface area (Å²) in [6.07, 6.45) is 1.53. The maximum Gasteiger partial charge on any atom is 0.260 e. The van der Waals surface area contributed by atoms with Gasteiger partial charge in [-0.3, -0.25) is 10.1 Å². The summed E-state index contributed by atoms with van der Waals surface area (Å²) < 4.78 is 6.10. The van der Waals surface area contributed by atoms with Crippen LogP contribution in [0.1, 0.15) is 17.3 Å². The fourth-order valence-corrected chi connectivity index (χ4v) is 3.33. The maximum atomic E-state index is 12.3. The second-order valence-electron chi connectivity index (χ2n) is 4.94. The van der Waals surface area contributed by atoms with Crippen LogP contribution in [0.15, 0.2) is 46.4 Å². The number of benzene rings is 1. The molecule has 0 aliphatic rings. The average molecular weight is 439 g/mol. The van der Waals surface area contributed by atoms with E-state index in [0.29, 0.717) is 16.2 Å². The van der Waals surface area contributed by atoms with Gasteiger partial charge in [0.15, 0.2) is 5.13 Å². The normalized spacial score (nSPS) is 10.5. The first-order chi connectivity index (χ1) is 12.1. The number of amides is 1. The van der Waals surface area contributed by atoms with Gasteiger partial charge in [-0.1, -0.05) is 11.6 Å². The molecule has 0 saturated heterocycles. The number of thiazole rings is 1. The Labute approximate surface area is 162 Å². The number of nitrogens with one attached hydrogen (secondary N) is 1. The Balaban J connectivity index is 1.75. The number of nitrogens with zero attached hydrogens (tertiary/aromatic N) is 2. The summed E-state index contributed by atoms with van der Waals surface area (Å²) in [7, 11) is 0. The molecule has 5 nitrogen and oxygen atoms in total. The van der Waals surface area contributed by atoms with E-state index < -0.39 is 0 Å². The van der Waals surface area contributed by atoms with Crippen molar-refractivity contribution in [2.24, 2.45) is 0 Å². The van der Waals surface area contributed by atoms with Gasteiger partial charge < -0.3 is 4.74 Å². The number of aromatic nitrogens is 2. The number of carbonyl (C=O) groups excluding carboxylic acids is 1. The number of halogens is 2. The van der Waals surface area contributed by atoms with Gasteiger partial charge in [-0.05, 0) is 53.2 Å². The van der Waals surface area contributed by atoms with Gasteiger partial charge in [0.25, 0.3) is 5.91 Å². The molecule has 0 fully saturated rings. The molecule has 0 bridgehead atoms. The summed E-state index contributed by atoms with van der Waals surface area (Å²) in [4.78, 5) is 20.7. The first kappa shape index (κ1) is 17.8. The second-order valence-corrected chi connectivity index (χ2v) is 7.07. The zero-order chi connectivity index (χ0) is 17.8. The molecule has 0 unspecified atom stereocenters. The Hall–Kier alpha value is -1.96. The van der Waals surface area contributed by atoms with E-state index in [0.717, 1.165) is 17.0 Å². The highest BCUT2D eigenvalue weighted by Crippen LogP contribution is 2.27. The predicted molar refractivity (Wildman–Crippen MR) is 104 cm³/mol. The van der Waals surface area contributed by atoms with Gasteiger partial charge in [0.1, 0.15) is 10.9 Å². The number of ether oxygens (including phenoxy) is 1. The number of rotatable bonds is 5. The van der Waals surface area contributed by atoms with Crippen LogP contribution in [-0.2, 0) is 0 Å². The van der Waals surface area contributed by atoms with Crippen LogP contribution in [0.4, 0.5) is 5.13 Å². The monoisotopic (exact) mass is 437 g/mol. The van der Waals surface area contributed by atoms with Crippen molar-refractivity contribution in [3.63, 3.8) is 0 Å². The highest BCUT2D eigenvalue weighted by molar-refractivity contribution is 9.10. The minimum atomic E-state index is -0.355. The van der Waals surface area contributed by atoms with Crippen LogP contribution in [0.5, 0.6) is 5.75 Å². The summed E-state index contributed by atoms with van der Waals surface area (Å²) in [5.74, 6) is 0.457. The smallest absolute Gasteiger partial charge is 0.260 e. The van der Waals surface area contributed by atoms with Crippen molar-refractivity contribution in [3.8, 4) is 17.0 Å². The van der Waals surface area contributed by atoms with Gasteiger partial charge in [-0.15, -0.1) is 11.3 Å². The highest BCUT2D eigenvalue weighted by Gasteiger charge is 2.14. The zero-order valence-electron chi connectivity index (χ0n) is 13.1. The lowest BCUT2D eigenvalue weighted by molar-refractivity contribution is 0.102. The van der Waals surface area contributed by atoms with Gasteiger partial charge in [0, 0.05) is 21.6 Å². The Bertz CT molecular complexity index is 899. The third kappa shape index (κ3) is 4.36. The molecule has 2 aromatic heterocycles. The number of carbonyl (C=O) groups is 1. The lowest BCUT2D eigenvalue weighted by atomic mass is 10.2. The molecule has 1 N–H and O–H groups in total. The number of pyridine rings is 1. The van der Waals surface area contributed by atoms with Crippen LogP contribution < -0.4 is 10.1 Å². The van der Waals surface area contributed by atoms with E-state index in [-0.39, 0.29) is 16.6 Å². The topological polar surface area (TPSA) is 64.1 Å². The van der Waals surface area contributed by atoms with E-state index in [1.54, 1.807) is 6.07 Å². The second kappa shape index (κ2) is 7.95. The molecule has 1 amide bonds. The third-order valence-corrected chi connectivity index (χ3v) is 4.73. The molecule has 0 aliphatic carbocycles. The van der Waals surface area contributed by atoms with E-state index in [1.807, 2.05) is 36.6 Å².